The van der Waals surface area contributed by atoms with Crippen LogP contribution in [0.4, 0.5) is 4.39 Å². The Morgan fingerprint density at radius 3 is 2.56 bits per heavy atom. The summed E-state index contributed by atoms with van der Waals surface area (Å²) in [5.74, 6) is 1.28. The van der Waals surface area contributed by atoms with Gasteiger partial charge in [-0.25, -0.2) is 9.37 Å². The summed E-state index contributed by atoms with van der Waals surface area (Å²) >= 11 is 0. The van der Waals surface area contributed by atoms with Gasteiger partial charge >= 0.3 is 0 Å². The number of hydrogen-bond acceptors (Lipinski definition) is 2. The summed E-state index contributed by atoms with van der Waals surface area (Å²) < 4.78 is 13.7. The van der Waals surface area contributed by atoms with Crippen LogP contribution in [-0.4, -0.2) is 34.9 Å². The summed E-state index contributed by atoms with van der Waals surface area (Å²) in [5.41, 5.74) is 2.67. The third-order valence-corrected chi connectivity index (χ3v) is 4.07. The van der Waals surface area contributed by atoms with Crippen LogP contribution in [0, 0.1) is 5.82 Å². The lowest BCUT2D eigenvalue weighted by molar-refractivity contribution is 0.462. The Bertz CT molecular complexity index is 879. The highest BCUT2D eigenvalue weighted by molar-refractivity contribution is 14.0. The zero-order valence-electron chi connectivity index (χ0n) is 15.3. The molecule has 3 aromatic rings. The molecule has 0 unspecified atom stereocenters. The third-order valence-electron chi connectivity index (χ3n) is 4.07. The van der Waals surface area contributed by atoms with E-state index >= 15 is 0 Å². The van der Waals surface area contributed by atoms with Crippen LogP contribution in [0.25, 0.3) is 11.3 Å². The molecule has 0 saturated heterocycles. The molecule has 5 nitrogen and oxygen atoms in total. The summed E-state index contributed by atoms with van der Waals surface area (Å²) in [6, 6.07) is 16.8. The van der Waals surface area contributed by atoms with Gasteiger partial charge in [0.25, 0.3) is 0 Å². The fourth-order valence-corrected chi connectivity index (χ4v) is 2.71. The fourth-order valence-electron chi connectivity index (χ4n) is 2.71. The molecule has 27 heavy (non-hydrogen) atoms. The molecular formula is C20H23FIN5. The number of aromatic nitrogens is 2. The molecule has 142 valence electrons. The number of imidazole rings is 1. The monoisotopic (exact) mass is 479 g/mol. The van der Waals surface area contributed by atoms with Crippen molar-refractivity contribution >= 4 is 29.9 Å². The van der Waals surface area contributed by atoms with E-state index in [1.165, 1.54) is 6.07 Å². The highest BCUT2D eigenvalue weighted by Crippen LogP contribution is 2.16. The summed E-state index contributed by atoms with van der Waals surface area (Å²) in [5, 5.41) is 3.18. The fraction of sp³-hybridized carbons (Fsp3) is 0.200. The highest BCUT2D eigenvalue weighted by atomic mass is 127. The van der Waals surface area contributed by atoms with Gasteiger partial charge in [0.1, 0.15) is 11.6 Å². The number of H-pyrrole nitrogens is 1. The predicted octanol–water partition coefficient (Wildman–Crippen LogP) is 4.04. The van der Waals surface area contributed by atoms with Crippen LogP contribution in [-0.2, 0) is 13.1 Å². The van der Waals surface area contributed by atoms with E-state index in [4.69, 9.17) is 0 Å². The Hall–Kier alpha value is -2.42. The average molecular weight is 479 g/mol. The van der Waals surface area contributed by atoms with E-state index in [0.717, 1.165) is 17.1 Å². The Balaban J connectivity index is 0.00000261. The molecule has 0 aliphatic carbocycles. The molecule has 7 heteroatoms. The number of nitrogens with zero attached hydrogens (tertiary/aromatic N) is 3. The molecule has 0 aliphatic heterocycles. The van der Waals surface area contributed by atoms with Gasteiger partial charge in [-0.2, -0.15) is 0 Å². The van der Waals surface area contributed by atoms with Gasteiger partial charge in [-0.1, -0.05) is 48.5 Å². The van der Waals surface area contributed by atoms with Gasteiger partial charge in [-0.05, 0) is 11.6 Å². The molecule has 2 aromatic carbocycles. The number of benzene rings is 2. The summed E-state index contributed by atoms with van der Waals surface area (Å²) in [4.78, 5) is 14.0. The summed E-state index contributed by atoms with van der Waals surface area (Å²) in [6.45, 7) is 0.931. The number of nitrogens with one attached hydrogen (secondary N) is 2. The van der Waals surface area contributed by atoms with Gasteiger partial charge < -0.3 is 15.2 Å². The van der Waals surface area contributed by atoms with Gasteiger partial charge in [0, 0.05) is 26.2 Å². The maximum absolute atomic E-state index is 13.7. The van der Waals surface area contributed by atoms with Crippen LogP contribution < -0.4 is 5.32 Å². The number of hydrogen-bond donors (Lipinski definition) is 2. The normalized spacial score (nSPS) is 11.0. The molecule has 1 aromatic heterocycles. The SMILES string of the molecule is CN=C(NCc1ccccc1F)N(C)Cc1ncc(-c2ccccc2)[nH]1.I. The quantitative estimate of drug-likeness (QED) is 0.330. The second-order valence-corrected chi connectivity index (χ2v) is 5.96. The van der Waals surface area contributed by atoms with Gasteiger partial charge in [-0.15, -0.1) is 24.0 Å². The lowest BCUT2D eigenvalue weighted by Gasteiger charge is -2.21. The summed E-state index contributed by atoms with van der Waals surface area (Å²) in [7, 11) is 3.62. The molecule has 0 spiro atoms. The number of guanidine groups is 1. The van der Waals surface area contributed by atoms with Crippen molar-refractivity contribution in [3.05, 3.63) is 78.0 Å². The molecule has 2 N–H and O–H groups in total. The van der Waals surface area contributed by atoms with Gasteiger partial charge in [0.05, 0.1) is 18.4 Å². The van der Waals surface area contributed by atoms with Gasteiger partial charge in [-0.3, -0.25) is 4.99 Å². The smallest absolute Gasteiger partial charge is 0.194 e. The second kappa shape index (κ2) is 10.1. The lowest BCUT2D eigenvalue weighted by Crippen LogP contribution is -2.38. The van der Waals surface area contributed by atoms with Crippen LogP contribution in [0.1, 0.15) is 11.4 Å². The maximum atomic E-state index is 13.7. The first-order chi connectivity index (χ1) is 12.7. The van der Waals surface area contributed by atoms with Crippen molar-refractivity contribution in [3.8, 4) is 11.3 Å². The maximum Gasteiger partial charge on any atom is 0.194 e. The lowest BCUT2D eigenvalue weighted by atomic mass is 10.2. The molecule has 3 rings (SSSR count). The van der Waals surface area contributed by atoms with Gasteiger partial charge in [0.15, 0.2) is 5.96 Å². The molecule has 0 fully saturated rings. The minimum absolute atomic E-state index is 0. The van der Waals surface area contributed by atoms with Crippen molar-refractivity contribution in [2.45, 2.75) is 13.1 Å². The van der Waals surface area contributed by atoms with Crippen molar-refractivity contribution in [2.75, 3.05) is 14.1 Å². The molecule has 0 amide bonds. The van der Waals surface area contributed by atoms with Crippen LogP contribution >= 0.6 is 24.0 Å². The van der Waals surface area contributed by atoms with Crippen LogP contribution in [0.2, 0.25) is 0 Å². The van der Waals surface area contributed by atoms with Crippen molar-refractivity contribution < 1.29 is 4.39 Å². The molecule has 0 bridgehead atoms. The van der Waals surface area contributed by atoms with Crippen molar-refractivity contribution in [1.82, 2.24) is 20.2 Å². The molecule has 0 radical (unpaired) electrons. The molecule has 0 aliphatic rings. The minimum atomic E-state index is -0.225. The Morgan fingerprint density at radius 1 is 1.15 bits per heavy atom. The van der Waals surface area contributed by atoms with E-state index in [0.29, 0.717) is 24.6 Å². The zero-order chi connectivity index (χ0) is 18.4. The minimum Gasteiger partial charge on any atom is -0.352 e. The van der Waals surface area contributed by atoms with E-state index in [2.05, 4.69) is 20.3 Å². The van der Waals surface area contributed by atoms with Gasteiger partial charge in [0.2, 0.25) is 0 Å². The van der Waals surface area contributed by atoms with Crippen LogP contribution in [0.15, 0.2) is 65.8 Å². The molecule has 0 saturated carbocycles. The molecule has 1 heterocycles. The number of aliphatic imine (C=N–C) groups is 1. The number of halogens is 2. The van der Waals surface area contributed by atoms with Crippen LogP contribution in [0.3, 0.4) is 0 Å². The molecular weight excluding hydrogens is 456 g/mol. The van der Waals surface area contributed by atoms with E-state index in [1.807, 2.05) is 54.5 Å². The van der Waals surface area contributed by atoms with E-state index in [-0.39, 0.29) is 29.8 Å². The first-order valence-electron chi connectivity index (χ1n) is 8.42. The highest BCUT2D eigenvalue weighted by Gasteiger charge is 2.10. The van der Waals surface area contributed by atoms with Crippen LogP contribution in [0.5, 0.6) is 0 Å². The molecule has 0 atom stereocenters. The first kappa shape index (κ1) is 20.9. The van der Waals surface area contributed by atoms with Crippen molar-refractivity contribution in [1.29, 1.82) is 0 Å². The van der Waals surface area contributed by atoms with E-state index in [1.54, 1.807) is 19.2 Å². The number of rotatable bonds is 5. The predicted molar refractivity (Wildman–Crippen MR) is 118 cm³/mol. The van der Waals surface area contributed by atoms with Crippen molar-refractivity contribution in [2.24, 2.45) is 4.99 Å². The Kier molecular flexibility index (Phi) is 7.78. The Labute approximate surface area is 175 Å². The van der Waals surface area contributed by atoms with Crippen molar-refractivity contribution in [3.63, 3.8) is 0 Å². The topological polar surface area (TPSA) is 56.3 Å². The zero-order valence-corrected chi connectivity index (χ0v) is 17.6. The van der Waals surface area contributed by atoms with E-state index in [9.17, 15) is 4.39 Å². The first-order valence-corrected chi connectivity index (χ1v) is 8.42. The third kappa shape index (κ3) is 5.53. The second-order valence-electron chi connectivity index (χ2n) is 5.96. The number of aromatic amines is 1. The summed E-state index contributed by atoms with van der Waals surface area (Å²) in [6.07, 6.45) is 1.83. The van der Waals surface area contributed by atoms with E-state index < -0.39 is 0 Å². The Morgan fingerprint density at radius 2 is 1.85 bits per heavy atom. The largest absolute Gasteiger partial charge is 0.352 e. The average Bonchev–Trinajstić information content (AvgIpc) is 3.13. The standard InChI is InChI=1S/C20H22FN5.HI/c1-22-20(24-12-16-10-6-7-11-17(16)21)26(2)14-19-23-13-18(25-19)15-8-4-3-5-9-15;/h3-11,13H,12,14H2,1-2H3,(H,22,24)(H,23,25);1H.